The van der Waals surface area contributed by atoms with Gasteiger partial charge < -0.3 is 5.32 Å². The van der Waals surface area contributed by atoms with Crippen molar-refractivity contribution in [3.8, 4) is 0 Å². The molecule has 3 aromatic rings. The first-order chi connectivity index (χ1) is 15.6. The van der Waals surface area contributed by atoms with Crippen LogP contribution < -0.4 is 10.2 Å². The molecule has 2 fully saturated rings. The minimum Gasteiger partial charge on any atom is -0.353 e. The van der Waals surface area contributed by atoms with E-state index >= 15 is 0 Å². The molecule has 1 atom stereocenters. The van der Waals surface area contributed by atoms with Gasteiger partial charge in [-0.3, -0.25) is 24.5 Å². The van der Waals surface area contributed by atoms with Gasteiger partial charge in [-0.15, -0.1) is 0 Å². The molecule has 8 heteroatoms. The lowest BCUT2D eigenvalue weighted by Crippen LogP contribution is -2.46. The third-order valence-corrected chi connectivity index (χ3v) is 6.45. The number of rotatable bonds is 5. The Bertz CT molecular complexity index is 1120. The summed E-state index contributed by atoms with van der Waals surface area (Å²) in [5.74, 6) is -0.952. The summed E-state index contributed by atoms with van der Waals surface area (Å²) >= 11 is 0. The minimum atomic E-state index is -0.455. The first kappa shape index (κ1) is 20.6. The van der Waals surface area contributed by atoms with Crippen molar-refractivity contribution in [1.82, 2.24) is 20.4 Å². The molecule has 0 bridgehead atoms. The van der Waals surface area contributed by atoms with Crippen LogP contribution in [0.1, 0.15) is 24.8 Å². The van der Waals surface area contributed by atoms with Crippen molar-refractivity contribution in [2.24, 2.45) is 5.92 Å². The number of aromatic amines is 1. The number of hydrogen-bond donors (Lipinski definition) is 2. The summed E-state index contributed by atoms with van der Waals surface area (Å²) in [7, 11) is 0. The summed E-state index contributed by atoms with van der Waals surface area (Å²) in [5.41, 5.74) is 1.82. The summed E-state index contributed by atoms with van der Waals surface area (Å²) in [5, 5.41) is 10.3. The van der Waals surface area contributed by atoms with Gasteiger partial charge in [-0.1, -0.05) is 36.4 Å². The van der Waals surface area contributed by atoms with E-state index in [0.29, 0.717) is 5.52 Å². The van der Waals surface area contributed by atoms with Gasteiger partial charge >= 0.3 is 0 Å². The summed E-state index contributed by atoms with van der Waals surface area (Å²) < 4.78 is 14.3. The molecular formula is C24H26FN5O2. The number of amides is 2. The van der Waals surface area contributed by atoms with Gasteiger partial charge in [-0.2, -0.15) is 5.10 Å². The molecule has 2 aliphatic rings. The van der Waals surface area contributed by atoms with Crippen molar-refractivity contribution < 1.29 is 14.0 Å². The number of piperidine rings is 1. The fraction of sp³-hybridized carbons (Fsp3) is 0.375. The number of halogens is 1. The zero-order valence-corrected chi connectivity index (χ0v) is 17.8. The van der Waals surface area contributed by atoms with Crippen molar-refractivity contribution in [2.45, 2.75) is 31.8 Å². The Labute approximate surface area is 185 Å². The van der Waals surface area contributed by atoms with Gasteiger partial charge in [0.05, 0.1) is 16.8 Å². The van der Waals surface area contributed by atoms with Gasteiger partial charge in [0.25, 0.3) is 0 Å². The Morgan fingerprint density at radius 3 is 2.69 bits per heavy atom. The highest BCUT2D eigenvalue weighted by atomic mass is 19.1. The second-order valence-electron chi connectivity index (χ2n) is 8.66. The summed E-state index contributed by atoms with van der Waals surface area (Å²) in [6, 6.07) is 15.1. The highest BCUT2D eigenvalue weighted by molar-refractivity contribution is 6.05. The molecule has 5 rings (SSSR count). The second-order valence-corrected chi connectivity index (χ2v) is 8.66. The van der Waals surface area contributed by atoms with Crippen LogP contribution in [0.4, 0.5) is 10.2 Å². The molecule has 0 spiro atoms. The van der Waals surface area contributed by atoms with Crippen molar-refractivity contribution in [1.29, 1.82) is 0 Å². The molecule has 0 saturated carbocycles. The Morgan fingerprint density at radius 2 is 1.91 bits per heavy atom. The normalized spacial score (nSPS) is 20.2. The van der Waals surface area contributed by atoms with Crippen LogP contribution in [0, 0.1) is 11.7 Å². The van der Waals surface area contributed by atoms with E-state index in [0.717, 1.165) is 32.5 Å². The van der Waals surface area contributed by atoms with E-state index in [9.17, 15) is 14.0 Å². The first-order valence-electron chi connectivity index (χ1n) is 11.1. The lowest BCUT2D eigenvalue weighted by Gasteiger charge is -2.32. The fourth-order valence-corrected chi connectivity index (χ4v) is 4.69. The van der Waals surface area contributed by atoms with Crippen molar-refractivity contribution in [3.63, 3.8) is 0 Å². The molecule has 2 aliphatic heterocycles. The first-order valence-corrected chi connectivity index (χ1v) is 11.1. The maximum Gasteiger partial charge on any atom is 0.229 e. The Balaban J connectivity index is 1.17. The Kier molecular flexibility index (Phi) is 5.61. The van der Waals surface area contributed by atoms with Crippen LogP contribution in [0.25, 0.3) is 10.9 Å². The van der Waals surface area contributed by atoms with Crippen LogP contribution in [-0.2, 0) is 16.1 Å². The van der Waals surface area contributed by atoms with Gasteiger partial charge in [0.15, 0.2) is 5.82 Å². The molecule has 0 aliphatic carbocycles. The molecule has 2 saturated heterocycles. The maximum absolute atomic E-state index is 14.3. The van der Waals surface area contributed by atoms with E-state index in [4.69, 9.17) is 0 Å². The average molecular weight is 436 g/mol. The number of fused-ring (bicyclic) bond motifs is 1. The molecule has 1 aromatic heterocycles. The number of benzene rings is 2. The predicted octanol–water partition coefficient (Wildman–Crippen LogP) is 2.84. The van der Waals surface area contributed by atoms with Crippen LogP contribution in [0.3, 0.4) is 0 Å². The van der Waals surface area contributed by atoms with Crippen LogP contribution in [0.5, 0.6) is 0 Å². The molecule has 166 valence electrons. The van der Waals surface area contributed by atoms with E-state index in [-0.39, 0.29) is 42.0 Å². The monoisotopic (exact) mass is 435 g/mol. The van der Waals surface area contributed by atoms with Gasteiger partial charge in [-0.25, -0.2) is 4.39 Å². The van der Waals surface area contributed by atoms with E-state index in [2.05, 4.69) is 44.7 Å². The van der Waals surface area contributed by atoms with Gasteiger partial charge in [0.1, 0.15) is 5.82 Å². The SMILES string of the molecule is O=C(NC1CCN(Cc2ccccc2)CC1)[C@H]1CC(=O)N(c2n[nH]c3cccc(F)c23)C1. The summed E-state index contributed by atoms with van der Waals surface area (Å²) in [6.45, 7) is 2.98. The van der Waals surface area contributed by atoms with Crippen molar-refractivity contribution >= 4 is 28.5 Å². The minimum absolute atomic E-state index is 0.109. The maximum atomic E-state index is 14.3. The quantitative estimate of drug-likeness (QED) is 0.646. The zero-order valence-electron chi connectivity index (χ0n) is 17.8. The van der Waals surface area contributed by atoms with E-state index in [1.54, 1.807) is 12.1 Å². The molecule has 0 radical (unpaired) electrons. The number of carbonyl (C=O) groups is 2. The van der Waals surface area contributed by atoms with Gasteiger partial charge in [0, 0.05) is 38.6 Å². The topological polar surface area (TPSA) is 81.3 Å². The summed E-state index contributed by atoms with van der Waals surface area (Å²) in [4.78, 5) is 29.3. The Morgan fingerprint density at radius 1 is 1.12 bits per heavy atom. The number of hydrogen-bond acceptors (Lipinski definition) is 4. The number of carbonyl (C=O) groups excluding carboxylic acids is 2. The number of likely N-dealkylation sites (tertiary alicyclic amines) is 1. The van der Waals surface area contributed by atoms with Crippen LogP contribution >= 0.6 is 0 Å². The fourth-order valence-electron chi connectivity index (χ4n) is 4.69. The van der Waals surface area contributed by atoms with Crippen LogP contribution in [0.15, 0.2) is 48.5 Å². The smallest absolute Gasteiger partial charge is 0.229 e. The van der Waals surface area contributed by atoms with Crippen molar-refractivity contribution in [3.05, 3.63) is 59.9 Å². The van der Waals surface area contributed by atoms with Crippen LogP contribution in [0.2, 0.25) is 0 Å². The number of H-pyrrole nitrogens is 1. The number of anilines is 1. The Hall–Kier alpha value is -3.26. The molecular weight excluding hydrogens is 409 g/mol. The van der Waals surface area contributed by atoms with Crippen LogP contribution in [-0.4, -0.2) is 52.6 Å². The standard InChI is InChI=1S/C24H26FN5O2/c25-19-7-4-8-20-22(19)23(28-27-20)30-15-17(13-21(30)31)24(32)26-18-9-11-29(12-10-18)14-16-5-2-1-3-6-16/h1-8,17-18H,9-15H2,(H,26,32)(H,27,28)/t17-/m0/s1. The van der Waals surface area contributed by atoms with E-state index < -0.39 is 11.7 Å². The molecule has 3 heterocycles. The predicted molar refractivity (Wildman–Crippen MR) is 119 cm³/mol. The highest BCUT2D eigenvalue weighted by Gasteiger charge is 2.38. The van der Waals surface area contributed by atoms with Gasteiger partial charge in [-0.05, 0) is 30.5 Å². The molecule has 2 N–H and O–H groups in total. The molecule has 32 heavy (non-hydrogen) atoms. The number of nitrogens with zero attached hydrogens (tertiary/aromatic N) is 3. The van der Waals surface area contributed by atoms with E-state index in [1.807, 2.05) is 6.07 Å². The third-order valence-electron chi connectivity index (χ3n) is 6.45. The molecule has 2 aromatic carbocycles. The van der Waals surface area contributed by atoms with E-state index in [1.165, 1.54) is 16.5 Å². The number of nitrogens with one attached hydrogen (secondary N) is 2. The van der Waals surface area contributed by atoms with Gasteiger partial charge in [0.2, 0.25) is 11.8 Å². The molecule has 7 nitrogen and oxygen atoms in total. The van der Waals surface area contributed by atoms with Crippen molar-refractivity contribution in [2.75, 3.05) is 24.5 Å². The highest BCUT2D eigenvalue weighted by Crippen LogP contribution is 2.31. The lowest BCUT2D eigenvalue weighted by atomic mass is 10.0. The molecule has 2 amide bonds. The number of aromatic nitrogens is 2. The molecule has 0 unspecified atom stereocenters. The zero-order chi connectivity index (χ0) is 22.1. The average Bonchev–Trinajstić information content (AvgIpc) is 3.40. The third kappa shape index (κ3) is 4.10. The largest absolute Gasteiger partial charge is 0.353 e. The summed E-state index contributed by atoms with van der Waals surface area (Å²) in [6.07, 6.45) is 1.89. The lowest BCUT2D eigenvalue weighted by molar-refractivity contribution is -0.127. The second kappa shape index (κ2) is 8.70.